The maximum Gasteiger partial charge on any atom is 0.222 e. The number of nitrogens with two attached hydrogens (primary N) is 1. The second-order valence-electron chi connectivity index (χ2n) is 5.97. The zero-order valence-electron chi connectivity index (χ0n) is 13.6. The lowest BCUT2D eigenvalue weighted by Gasteiger charge is -2.25. The zero-order valence-corrected chi connectivity index (χ0v) is 13.6. The smallest absolute Gasteiger partial charge is 0.222 e. The van der Waals surface area contributed by atoms with Crippen molar-refractivity contribution in [1.82, 2.24) is 9.80 Å². The predicted molar refractivity (Wildman–Crippen MR) is 87.9 cm³/mol. The van der Waals surface area contributed by atoms with E-state index in [0.717, 1.165) is 25.9 Å². The fourth-order valence-corrected chi connectivity index (χ4v) is 2.15. The molecule has 2 N–H and O–H groups in total. The zero-order chi connectivity index (χ0) is 15.7. The first-order valence-corrected chi connectivity index (χ1v) is 7.71. The van der Waals surface area contributed by atoms with E-state index in [4.69, 9.17) is 5.73 Å². The number of rotatable bonds is 9. The molecule has 1 unspecified atom stereocenters. The number of carbonyl (C=O) groups is 1. The van der Waals surface area contributed by atoms with Gasteiger partial charge in [-0.2, -0.15) is 0 Å². The van der Waals surface area contributed by atoms with Gasteiger partial charge in [-0.25, -0.2) is 0 Å². The monoisotopic (exact) mass is 291 g/mol. The van der Waals surface area contributed by atoms with E-state index in [1.54, 1.807) is 0 Å². The molecule has 4 heteroatoms. The maximum absolute atomic E-state index is 12.4. The van der Waals surface area contributed by atoms with Crippen molar-refractivity contribution in [1.29, 1.82) is 0 Å². The summed E-state index contributed by atoms with van der Waals surface area (Å²) in [7, 11) is 4.06. The lowest BCUT2D eigenvalue weighted by Crippen LogP contribution is -2.36. The van der Waals surface area contributed by atoms with Gasteiger partial charge in [-0.3, -0.25) is 4.79 Å². The van der Waals surface area contributed by atoms with Crippen molar-refractivity contribution in [3.05, 3.63) is 35.9 Å². The van der Waals surface area contributed by atoms with Crippen LogP contribution in [0.3, 0.4) is 0 Å². The average molecular weight is 291 g/mol. The highest BCUT2D eigenvalue weighted by atomic mass is 16.2. The number of likely N-dealkylation sites (N-methyl/N-ethyl adjacent to an activating group) is 1. The fraction of sp³-hybridized carbons (Fsp3) is 0.588. The summed E-state index contributed by atoms with van der Waals surface area (Å²) in [6, 6.07) is 10.3. The number of amides is 1. The van der Waals surface area contributed by atoms with Gasteiger partial charge in [-0.15, -0.1) is 0 Å². The van der Waals surface area contributed by atoms with E-state index in [9.17, 15) is 4.79 Å². The van der Waals surface area contributed by atoms with Crippen LogP contribution in [0.4, 0.5) is 0 Å². The lowest BCUT2D eigenvalue weighted by molar-refractivity contribution is -0.132. The summed E-state index contributed by atoms with van der Waals surface area (Å²) in [6.07, 6.45) is 2.35. The SMILES string of the molecule is CC(N)CCCC(=O)N(CCN(C)C)Cc1ccccc1. The first-order chi connectivity index (χ1) is 9.99. The molecule has 21 heavy (non-hydrogen) atoms. The van der Waals surface area contributed by atoms with E-state index in [0.29, 0.717) is 13.0 Å². The molecule has 1 aromatic carbocycles. The van der Waals surface area contributed by atoms with Gasteiger partial charge in [0.15, 0.2) is 0 Å². The average Bonchev–Trinajstić information content (AvgIpc) is 2.43. The van der Waals surface area contributed by atoms with Crippen molar-refractivity contribution in [2.75, 3.05) is 27.2 Å². The van der Waals surface area contributed by atoms with Crippen molar-refractivity contribution in [2.45, 2.75) is 38.8 Å². The molecule has 0 heterocycles. The van der Waals surface area contributed by atoms with Crippen molar-refractivity contribution < 1.29 is 4.79 Å². The molecule has 0 saturated heterocycles. The molecule has 1 atom stereocenters. The maximum atomic E-state index is 12.4. The summed E-state index contributed by atoms with van der Waals surface area (Å²) in [6.45, 7) is 4.31. The number of carbonyl (C=O) groups excluding carboxylic acids is 1. The summed E-state index contributed by atoms with van der Waals surface area (Å²) in [5.41, 5.74) is 6.92. The molecular formula is C17H29N3O. The molecule has 0 aromatic heterocycles. The summed E-state index contributed by atoms with van der Waals surface area (Å²) >= 11 is 0. The standard InChI is InChI=1S/C17H29N3O/c1-15(18)8-7-11-17(21)20(13-12-19(2)3)14-16-9-5-4-6-10-16/h4-6,9-10,15H,7-8,11-14,18H2,1-3H3. The molecule has 0 aliphatic rings. The van der Waals surface area contributed by atoms with Crippen LogP contribution in [-0.2, 0) is 11.3 Å². The Labute approximate surface area is 128 Å². The Morgan fingerprint density at radius 3 is 2.43 bits per heavy atom. The van der Waals surface area contributed by atoms with Gasteiger partial charge in [0.05, 0.1) is 0 Å². The van der Waals surface area contributed by atoms with Gasteiger partial charge < -0.3 is 15.5 Å². The number of hydrogen-bond donors (Lipinski definition) is 1. The third kappa shape index (κ3) is 7.83. The summed E-state index contributed by atoms with van der Waals surface area (Å²) < 4.78 is 0. The van der Waals surface area contributed by atoms with Crippen LogP contribution in [0, 0.1) is 0 Å². The molecule has 0 aliphatic heterocycles. The van der Waals surface area contributed by atoms with Crippen LogP contribution in [-0.4, -0.2) is 48.9 Å². The van der Waals surface area contributed by atoms with Crippen molar-refractivity contribution in [3.63, 3.8) is 0 Å². The Balaban J connectivity index is 2.56. The molecule has 0 spiro atoms. The number of hydrogen-bond acceptors (Lipinski definition) is 3. The highest BCUT2D eigenvalue weighted by Gasteiger charge is 2.14. The minimum absolute atomic E-state index is 0.169. The molecule has 0 radical (unpaired) electrons. The van der Waals surface area contributed by atoms with Gasteiger partial charge in [0.2, 0.25) is 5.91 Å². The minimum Gasteiger partial charge on any atom is -0.337 e. The highest BCUT2D eigenvalue weighted by molar-refractivity contribution is 5.76. The molecule has 4 nitrogen and oxygen atoms in total. The predicted octanol–water partition coefficient (Wildman–Crippen LogP) is 2.09. The first kappa shape index (κ1) is 17.7. The highest BCUT2D eigenvalue weighted by Crippen LogP contribution is 2.09. The van der Waals surface area contributed by atoms with Crippen LogP contribution in [0.5, 0.6) is 0 Å². The van der Waals surface area contributed by atoms with Crippen LogP contribution < -0.4 is 5.73 Å². The van der Waals surface area contributed by atoms with Crippen molar-refractivity contribution in [3.8, 4) is 0 Å². The van der Waals surface area contributed by atoms with E-state index in [1.165, 1.54) is 5.56 Å². The molecule has 0 fully saturated rings. The molecule has 1 amide bonds. The second kappa shape index (κ2) is 9.53. The van der Waals surface area contributed by atoms with Gasteiger partial charge in [-0.1, -0.05) is 30.3 Å². The van der Waals surface area contributed by atoms with Crippen LogP contribution >= 0.6 is 0 Å². The summed E-state index contributed by atoms with van der Waals surface area (Å²) in [4.78, 5) is 16.5. The first-order valence-electron chi connectivity index (χ1n) is 7.71. The van der Waals surface area contributed by atoms with E-state index in [-0.39, 0.29) is 11.9 Å². The van der Waals surface area contributed by atoms with Gasteiger partial charge in [0.25, 0.3) is 0 Å². The van der Waals surface area contributed by atoms with Gasteiger partial charge in [-0.05, 0) is 39.4 Å². The molecule has 0 bridgehead atoms. The Morgan fingerprint density at radius 2 is 1.86 bits per heavy atom. The van der Waals surface area contributed by atoms with E-state index in [2.05, 4.69) is 17.0 Å². The third-order valence-corrected chi connectivity index (χ3v) is 3.44. The van der Waals surface area contributed by atoms with Gasteiger partial charge in [0.1, 0.15) is 0 Å². The van der Waals surface area contributed by atoms with Gasteiger partial charge in [0, 0.05) is 32.1 Å². The Morgan fingerprint density at radius 1 is 1.19 bits per heavy atom. The Bertz CT molecular complexity index is 404. The van der Waals surface area contributed by atoms with Crippen molar-refractivity contribution in [2.24, 2.45) is 5.73 Å². The van der Waals surface area contributed by atoms with Gasteiger partial charge >= 0.3 is 0 Å². The number of nitrogens with zero attached hydrogens (tertiary/aromatic N) is 2. The molecular weight excluding hydrogens is 262 g/mol. The van der Waals surface area contributed by atoms with E-state index in [1.807, 2.05) is 44.1 Å². The van der Waals surface area contributed by atoms with Crippen molar-refractivity contribution >= 4 is 5.91 Å². The molecule has 1 rings (SSSR count). The third-order valence-electron chi connectivity index (χ3n) is 3.44. The fourth-order valence-electron chi connectivity index (χ4n) is 2.15. The van der Waals surface area contributed by atoms with E-state index < -0.39 is 0 Å². The molecule has 1 aromatic rings. The second-order valence-corrected chi connectivity index (χ2v) is 5.97. The van der Waals surface area contributed by atoms with E-state index >= 15 is 0 Å². The Kier molecular flexibility index (Phi) is 8.01. The van der Waals surface area contributed by atoms with Crippen LogP contribution in [0.25, 0.3) is 0 Å². The molecule has 0 aliphatic carbocycles. The van der Waals surface area contributed by atoms with Crippen LogP contribution in [0.1, 0.15) is 31.7 Å². The molecule has 118 valence electrons. The van der Waals surface area contributed by atoms with Crippen LogP contribution in [0.2, 0.25) is 0 Å². The normalized spacial score (nSPS) is 12.4. The van der Waals surface area contributed by atoms with Crippen LogP contribution in [0.15, 0.2) is 30.3 Å². The largest absolute Gasteiger partial charge is 0.337 e. The quantitative estimate of drug-likeness (QED) is 0.758. The molecule has 0 saturated carbocycles. The lowest BCUT2D eigenvalue weighted by atomic mass is 10.1. The Hall–Kier alpha value is -1.39. The summed E-state index contributed by atoms with van der Waals surface area (Å²) in [5, 5.41) is 0. The summed E-state index contributed by atoms with van der Waals surface area (Å²) in [5.74, 6) is 0.223. The number of benzene rings is 1. The topological polar surface area (TPSA) is 49.6 Å². The minimum atomic E-state index is 0.169.